The van der Waals surface area contributed by atoms with Crippen molar-refractivity contribution < 1.29 is 32.3 Å². The lowest BCUT2D eigenvalue weighted by Crippen LogP contribution is -2.34. The summed E-state index contributed by atoms with van der Waals surface area (Å²) in [6, 6.07) is 0. The van der Waals surface area contributed by atoms with Crippen LogP contribution in [0.2, 0.25) is 0 Å². The van der Waals surface area contributed by atoms with E-state index in [2.05, 4.69) is 4.74 Å². The fourth-order valence-corrected chi connectivity index (χ4v) is 2.66. The molecular weight excluding hydrogens is 323 g/mol. The average molecular weight is 339 g/mol. The molecule has 22 heavy (non-hydrogen) atoms. The summed E-state index contributed by atoms with van der Waals surface area (Å²) in [5, 5.41) is -0.163. The van der Waals surface area contributed by atoms with Crippen LogP contribution in [-0.2, 0) is 19.1 Å². The molecule has 0 spiro atoms. The van der Waals surface area contributed by atoms with Crippen molar-refractivity contribution in [3.05, 3.63) is 11.8 Å². The molecule has 0 aromatic carbocycles. The maximum absolute atomic E-state index is 13.1. The molecule has 1 aliphatic heterocycles. The Labute approximate surface area is 129 Å². The summed E-state index contributed by atoms with van der Waals surface area (Å²) in [4.78, 5) is 34.5. The molecule has 0 aromatic heterocycles. The summed E-state index contributed by atoms with van der Waals surface area (Å²) in [6.45, 7) is 2.58. The van der Waals surface area contributed by atoms with E-state index in [-0.39, 0.29) is 36.4 Å². The van der Waals surface area contributed by atoms with E-state index in [9.17, 15) is 27.6 Å². The zero-order valence-electron chi connectivity index (χ0n) is 12.1. The van der Waals surface area contributed by atoms with E-state index in [1.165, 1.54) is 13.8 Å². The Kier molecular flexibility index (Phi) is 6.46. The first-order valence-corrected chi connectivity index (χ1v) is 7.53. The summed E-state index contributed by atoms with van der Waals surface area (Å²) in [5.74, 6) is -1.97. The van der Waals surface area contributed by atoms with Gasteiger partial charge in [-0.1, -0.05) is 11.8 Å². The zero-order valence-corrected chi connectivity index (χ0v) is 12.9. The second-order valence-electron chi connectivity index (χ2n) is 4.66. The first-order valence-electron chi connectivity index (χ1n) is 6.54. The fraction of sp³-hybridized carbons (Fsp3) is 0.615. The number of nitrogens with zero attached hydrogens (tertiary/aromatic N) is 1. The van der Waals surface area contributed by atoms with E-state index in [1.807, 2.05) is 0 Å². The van der Waals surface area contributed by atoms with E-state index >= 15 is 0 Å². The maximum Gasteiger partial charge on any atom is 0.431 e. The number of allylic oxidation sites excluding steroid dienone is 1. The van der Waals surface area contributed by atoms with Gasteiger partial charge in [0.2, 0.25) is 5.91 Å². The molecule has 0 N–H and O–H groups in total. The minimum atomic E-state index is -4.84. The van der Waals surface area contributed by atoms with Crippen LogP contribution in [0.1, 0.15) is 20.3 Å². The molecule has 1 aliphatic rings. The van der Waals surface area contributed by atoms with Crippen LogP contribution >= 0.6 is 11.8 Å². The highest BCUT2D eigenvalue weighted by Crippen LogP contribution is 2.34. The van der Waals surface area contributed by atoms with Crippen LogP contribution in [0.4, 0.5) is 13.2 Å². The first kappa shape index (κ1) is 18.5. The molecule has 0 aliphatic carbocycles. The van der Waals surface area contributed by atoms with E-state index in [0.717, 1.165) is 11.8 Å². The van der Waals surface area contributed by atoms with Gasteiger partial charge in [0.15, 0.2) is 5.12 Å². The highest BCUT2D eigenvalue weighted by molar-refractivity contribution is 8.13. The van der Waals surface area contributed by atoms with Crippen molar-refractivity contribution in [3.8, 4) is 0 Å². The number of hydrogen-bond donors (Lipinski definition) is 0. The lowest BCUT2D eigenvalue weighted by Gasteiger charge is -2.22. The number of likely N-dealkylation sites (tertiary alicyclic amines) is 1. The molecule has 1 fully saturated rings. The van der Waals surface area contributed by atoms with Gasteiger partial charge in [-0.05, 0) is 12.8 Å². The van der Waals surface area contributed by atoms with E-state index in [1.54, 1.807) is 0 Å². The Balaban J connectivity index is 2.89. The molecule has 1 rings (SSSR count). The van der Waals surface area contributed by atoms with Gasteiger partial charge in [0.1, 0.15) is 5.70 Å². The molecule has 0 aromatic rings. The summed E-state index contributed by atoms with van der Waals surface area (Å²) in [6.07, 6.45) is -4.64. The molecule has 5 nitrogen and oxygen atoms in total. The van der Waals surface area contributed by atoms with Gasteiger partial charge in [-0.2, -0.15) is 13.2 Å². The molecule has 1 atom stereocenters. The van der Waals surface area contributed by atoms with Gasteiger partial charge in [-0.25, -0.2) is 4.79 Å². The predicted molar refractivity (Wildman–Crippen MR) is 73.7 cm³/mol. The number of carbonyl (C=O) groups excluding carboxylic acids is 3. The largest absolute Gasteiger partial charge is 0.463 e. The molecule has 0 saturated carbocycles. The third kappa shape index (κ3) is 5.36. The molecule has 0 radical (unpaired) electrons. The second-order valence-corrected chi connectivity index (χ2v) is 5.85. The highest BCUT2D eigenvalue weighted by atomic mass is 32.2. The van der Waals surface area contributed by atoms with Crippen LogP contribution in [-0.4, -0.2) is 47.0 Å². The number of alkyl halides is 3. The van der Waals surface area contributed by atoms with Crippen molar-refractivity contribution in [3.63, 3.8) is 0 Å². The minimum absolute atomic E-state index is 0.0632. The van der Waals surface area contributed by atoms with Crippen LogP contribution in [0.25, 0.3) is 0 Å². The van der Waals surface area contributed by atoms with E-state index in [4.69, 9.17) is 0 Å². The van der Waals surface area contributed by atoms with Crippen molar-refractivity contribution in [1.82, 2.24) is 4.90 Å². The Hall–Kier alpha value is -1.51. The van der Waals surface area contributed by atoms with Crippen molar-refractivity contribution in [2.45, 2.75) is 26.4 Å². The van der Waals surface area contributed by atoms with Crippen molar-refractivity contribution >= 4 is 28.8 Å². The van der Waals surface area contributed by atoms with E-state index in [0.29, 0.717) is 11.0 Å². The summed E-state index contributed by atoms with van der Waals surface area (Å²) in [7, 11) is 0. The van der Waals surface area contributed by atoms with Crippen molar-refractivity contribution in [1.29, 1.82) is 0 Å². The van der Waals surface area contributed by atoms with Gasteiger partial charge in [-0.15, -0.1) is 0 Å². The smallest absolute Gasteiger partial charge is 0.431 e. The first-order chi connectivity index (χ1) is 10.1. The maximum atomic E-state index is 13.1. The summed E-state index contributed by atoms with van der Waals surface area (Å²) in [5.41, 5.74) is -1.33. The van der Waals surface area contributed by atoms with Crippen LogP contribution in [0.5, 0.6) is 0 Å². The number of ether oxygens (including phenoxy) is 1. The van der Waals surface area contributed by atoms with Crippen LogP contribution in [0, 0.1) is 5.92 Å². The zero-order chi connectivity index (χ0) is 16.9. The number of thioether (sulfide) groups is 1. The molecule has 9 heteroatoms. The monoisotopic (exact) mass is 339 g/mol. The van der Waals surface area contributed by atoms with Crippen molar-refractivity contribution in [2.75, 3.05) is 18.9 Å². The van der Waals surface area contributed by atoms with Crippen molar-refractivity contribution in [2.24, 2.45) is 5.92 Å². The molecule has 1 heterocycles. The molecule has 1 amide bonds. The summed E-state index contributed by atoms with van der Waals surface area (Å²) >= 11 is 0.964. The third-order valence-electron chi connectivity index (χ3n) is 2.85. The fourth-order valence-electron chi connectivity index (χ4n) is 1.97. The Morgan fingerprint density at radius 1 is 1.45 bits per heavy atom. The average Bonchev–Trinajstić information content (AvgIpc) is 2.73. The standard InChI is InChI=1S/C13H16F3NO4S/c1-3-21-12(20)5-10(13(14,15)16)17-6-9(4-11(17)19)7-22-8(2)18/h5,9H,3-4,6-7H2,1-2H3. The lowest BCUT2D eigenvalue weighted by molar-refractivity contribution is -0.142. The Bertz CT molecular complexity index is 490. The Morgan fingerprint density at radius 2 is 2.09 bits per heavy atom. The highest BCUT2D eigenvalue weighted by Gasteiger charge is 2.44. The minimum Gasteiger partial charge on any atom is -0.463 e. The van der Waals surface area contributed by atoms with Crippen LogP contribution < -0.4 is 0 Å². The predicted octanol–water partition coefficient (Wildman–Crippen LogP) is 2.12. The van der Waals surface area contributed by atoms with E-state index < -0.39 is 23.7 Å². The van der Waals surface area contributed by atoms with Gasteiger partial charge < -0.3 is 9.64 Å². The number of amides is 1. The summed E-state index contributed by atoms with van der Waals surface area (Å²) < 4.78 is 43.6. The number of rotatable bonds is 5. The number of esters is 1. The second kappa shape index (κ2) is 7.66. The number of halogens is 3. The number of hydrogen-bond acceptors (Lipinski definition) is 5. The molecule has 0 bridgehead atoms. The van der Waals surface area contributed by atoms with Gasteiger partial charge in [0, 0.05) is 25.6 Å². The molecule has 1 saturated heterocycles. The number of carbonyl (C=O) groups is 3. The SMILES string of the molecule is CCOC(=O)C=C(N1CC(CSC(C)=O)CC1=O)C(F)(F)F. The molecular formula is C13H16F3NO4S. The topological polar surface area (TPSA) is 63.7 Å². The Morgan fingerprint density at radius 3 is 2.59 bits per heavy atom. The van der Waals surface area contributed by atoms with Gasteiger partial charge in [-0.3, -0.25) is 9.59 Å². The van der Waals surface area contributed by atoms with Crippen LogP contribution in [0.15, 0.2) is 11.8 Å². The van der Waals surface area contributed by atoms with Gasteiger partial charge >= 0.3 is 12.1 Å². The molecule has 124 valence electrons. The van der Waals surface area contributed by atoms with Gasteiger partial charge in [0.05, 0.1) is 12.7 Å². The quantitative estimate of drug-likeness (QED) is 0.567. The molecule has 1 unspecified atom stereocenters. The lowest BCUT2D eigenvalue weighted by atomic mass is 10.1. The van der Waals surface area contributed by atoms with Crippen LogP contribution in [0.3, 0.4) is 0 Å². The third-order valence-corrected chi connectivity index (χ3v) is 3.89. The van der Waals surface area contributed by atoms with Gasteiger partial charge in [0.25, 0.3) is 0 Å². The normalized spacial score (nSPS) is 19.5.